The van der Waals surface area contributed by atoms with Crippen molar-refractivity contribution in [2.24, 2.45) is 0 Å². The molecular formula is C26H29N3O5S. The summed E-state index contributed by atoms with van der Waals surface area (Å²) in [7, 11) is -2.47. The maximum atomic E-state index is 13.6. The summed E-state index contributed by atoms with van der Waals surface area (Å²) in [6.07, 6.45) is 1.25. The summed E-state index contributed by atoms with van der Waals surface area (Å²) in [5, 5.41) is 2.75. The molecule has 8 nitrogen and oxygen atoms in total. The first-order valence-electron chi connectivity index (χ1n) is 11.4. The van der Waals surface area contributed by atoms with E-state index < -0.39 is 15.9 Å². The minimum Gasteiger partial charge on any atom is -0.495 e. The van der Waals surface area contributed by atoms with Crippen LogP contribution in [0.4, 0.5) is 5.69 Å². The Hall–Kier alpha value is -3.43. The number of anilines is 1. The number of carbonyl (C=O) groups is 2. The molecule has 1 amide bonds. The molecule has 1 aliphatic heterocycles. The zero-order chi connectivity index (χ0) is 25.3. The van der Waals surface area contributed by atoms with Gasteiger partial charge in [-0.1, -0.05) is 24.3 Å². The number of aromatic amines is 1. The Morgan fingerprint density at radius 3 is 2.20 bits per heavy atom. The largest absolute Gasteiger partial charge is 0.495 e. The van der Waals surface area contributed by atoms with E-state index in [1.165, 1.54) is 30.5 Å². The zero-order valence-corrected chi connectivity index (χ0v) is 21.1. The van der Waals surface area contributed by atoms with Gasteiger partial charge in [0.2, 0.25) is 10.0 Å². The summed E-state index contributed by atoms with van der Waals surface area (Å²) in [5.74, 6) is -0.389. The predicted molar refractivity (Wildman–Crippen MR) is 134 cm³/mol. The lowest BCUT2D eigenvalue weighted by Gasteiger charge is -2.22. The van der Waals surface area contributed by atoms with E-state index in [2.05, 4.69) is 10.3 Å². The minimum atomic E-state index is -3.89. The van der Waals surface area contributed by atoms with Crippen LogP contribution >= 0.6 is 0 Å². The number of fused-ring (bicyclic) bond motifs is 1. The van der Waals surface area contributed by atoms with Crippen LogP contribution in [0.25, 0.3) is 0 Å². The van der Waals surface area contributed by atoms with E-state index in [9.17, 15) is 18.0 Å². The fourth-order valence-electron chi connectivity index (χ4n) is 4.68. The summed E-state index contributed by atoms with van der Waals surface area (Å²) < 4.78 is 34.1. The highest BCUT2D eigenvalue weighted by atomic mass is 32.2. The number of methoxy groups -OCH3 is 1. The SMILES string of the molecule is COc1ccc(NC(=O)c2[nH]c(C)c(C(C)=O)c2C)cc1S(=O)(=O)N1CCc2ccccc2CC1. The third-order valence-corrected chi connectivity index (χ3v) is 8.36. The molecule has 0 saturated heterocycles. The lowest BCUT2D eigenvalue weighted by atomic mass is 10.0. The smallest absolute Gasteiger partial charge is 0.272 e. The van der Waals surface area contributed by atoms with E-state index in [0.717, 1.165) is 11.1 Å². The van der Waals surface area contributed by atoms with Crippen LogP contribution in [0.3, 0.4) is 0 Å². The van der Waals surface area contributed by atoms with E-state index in [-0.39, 0.29) is 22.1 Å². The predicted octanol–water partition coefficient (Wildman–Crippen LogP) is 3.88. The molecule has 2 heterocycles. The van der Waals surface area contributed by atoms with Gasteiger partial charge in [0.1, 0.15) is 16.3 Å². The van der Waals surface area contributed by atoms with Gasteiger partial charge in [-0.15, -0.1) is 0 Å². The molecule has 35 heavy (non-hydrogen) atoms. The number of aromatic nitrogens is 1. The van der Waals surface area contributed by atoms with Crippen molar-refractivity contribution in [3.63, 3.8) is 0 Å². The highest BCUT2D eigenvalue weighted by Crippen LogP contribution is 2.31. The molecule has 0 fully saturated rings. The van der Waals surface area contributed by atoms with Gasteiger partial charge >= 0.3 is 0 Å². The van der Waals surface area contributed by atoms with Gasteiger partial charge in [-0.2, -0.15) is 4.31 Å². The standard InChI is InChI=1S/C26H29N3O5S/c1-16-24(18(3)30)17(2)27-25(16)26(31)28-21-9-10-22(34-4)23(15-21)35(32,33)29-13-11-19-7-5-6-8-20(19)12-14-29/h5-10,15,27H,11-14H2,1-4H3,(H,28,31). The molecule has 184 valence electrons. The van der Waals surface area contributed by atoms with Crippen molar-refractivity contribution in [2.75, 3.05) is 25.5 Å². The number of Topliss-reactive ketones (excluding diaryl/α,β-unsaturated/α-hetero) is 1. The number of ether oxygens (including phenoxy) is 1. The molecule has 0 bridgehead atoms. The molecule has 2 aromatic carbocycles. The van der Waals surface area contributed by atoms with E-state index in [4.69, 9.17) is 4.74 Å². The van der Waals surface area contributed by atoms with Crippen molar-refractivity contribution in [3.8, 4) is 5.75 Å². The number of nitrogens with zero attached hydrogens (tertiary/aromatic N) is 1. The van der Waals surface area contributed by atoms with Crippen LogP contribution in [0.2, 0.25) is 0 Å². The number of nitrogens with one attached hydrogen (secondary N) is 2. The molecule has 0 spiro atoms. The van der Waals surface area contributed by atoms with Crippen molar-refractivity contribution in [3.05, 3.63) is 76.1 Å². The topological polar surface area (TPSA) is 109 Å². The Labute approximate surface area is 205 Å². The van der Waals surface area contributed by atoms with E-state index in [1.54, 1.807) is 19.9 Å². The van der Waals surface area contributed by atoms with E-state index >= 15 is 0 Å². The van der Waals surface area contributed by atoms with Crippen LogP contribution in [0.1, 0.15) is 50.2 Å². The van der Waals surface area contributed by atoms with Crippen LogP contribution in [0.15, 0.2) is 47.4 Å². The lowest BCUT2D eigenvalue weighted by molar-refractivity contribution is 0.101. The van der Waals surface area contributed by atoms with Crippen molar-refractivity contribution >= 4 is 27.4 Å². The minimum absolute atomic E-state index is 0.00688. The average molecular weight is 496 g/mol. The molecular weight excluding hydrogens is 466 g/mol. The van der Waals surface area contributed by atoms with Crippen LogP contribution in [-0.4, -0.2) is 49.6 Å². The van der Waals surface area contributed by atoms with Gasteiger partial charge < -0.3 is 15.0 Å². The van der Waals surface area contributed by atoms with Gasteiger partial charge in [0.15, 0.2) is 5.78 Å². The van der Waals surface area contributed by atoms with Gasteiger partial charge in [0.05, 0.1) is 7.11 Å². The molecule has 0 aliphatic carbocycles. The molecule has 9 heteroatoms. The molecule has 0 unspecified atom stereocenters. The molecule has 2 N–H and O–H groups in total. The number of sulfonamides is 1. The first kappa shape index (κ1) is 24.7. The lowest BCUT2D eigenvalue weighted by Crippen LogP contribution is -2.33. The number of hydrogen-bond acceptors (Lipinski definition) is 5. The number of amides is 1. The summed E-state index contributed by atoms with van der Waals surface area (Å²) >= 11 is 0. The summed E-state index contributed by atoms with van der Waals surface area (Å²) in [6.45, 7) is 5.60. The Morgan fingerprint density at radius 1 is 1.03 bits per heavy atom. The van der Waals surface area contributed by atoms with Crippen molar-refractivity contribution in [2.45, 2.75) is 38.5 Å². The van der Waals surface area contributed by atoms with E-state index in [0.29, 0.717) is 48.4 Å². The highest BCUT2D eigenvalue weighted by molar-refractivity contribution is 7.89. The van der Waals surface area contributed by atoms with Gasteiger partial charge in [0.25, 0.3) is 5.91 Å². The molecule has 0 radical (unpaired) electrons. The summed E-state index contributed by atoms with van der Waals surface area (Å²) in [5.41, 5.74) is 4.52. The maximum Gasteiger partial charge on any atom is 0.272 e. The molecule has 1 aromatic heterocycles. The van der Waals surface area contributed by atoms with Crippen molar-refractivity contribution < 1.29 is 22.7 Å². The number of carbonyl (C=O) groups excluding carboxylic acids is 2. The summed E-state index contributed by atoms with van der Waals surface area (Å²) in [6, 6.07) is 12.5. The number of aryl methyl sites for hydroxylation is 1. The Balaban J connectivity index is 1.62. The van der Waals surface area contributed by atoms with Gasteiger partial charge in [-0.05, 0) is 68.5 Å². The number of ketones is 1. The molecule has 3 aromatic rings. The van der Waals surface area contributed by atoms with Crippen LogP contribution in [-0.2, 0) is 22.9 Å². The number of H-pyrrole nitrogens is 1. The second-order valence-corrected chi connectivity index (χ2v) is 10.6. The van der Waals surface area contributed by atoms with Crippen LogP contribution in [0, 0.1) is 13.8 Å². The number of benzene rings is 2. The van der Waals surface area contributed by atoms with Crippen LogP contribution < -0.4 is 10.1 Å². The molecule has 0 atom stereocenters. The van der Waals surface area contributed by atoms with Crippen molar-refractivity contribution in [1.29, 1.82) is 0 Å². The Kier molecular flexibility index (Phi) is 6.82. The highest BCUT2D eigenvalue weighted by Gasteiger charge is 2.30. The zero-order valence-electron chi connectivity index (χ0n) is 20.3. The van der Waals surface area contributed by atoms with Gasteiger partial charge in [-0.25, -0.2) is 8.42 Å². The van der Waals surface area contributed by atoms with Gasteiger partial charge in [-0.3, -0.25) is 9.59 Å². The van der Waals surface area contributed by atoms with Gasteiger partial charge in [0, 0.05) is 30.0 Å². The maximum absolute atomic E-state index is 13.6. The third kappa shape index (κ3) is 4.74. The fraction of sp³-hybridized carbons (Fsp3) is 0.308. The fourth-order valence-corrected chi connectivity index (χ4v) is 6.30. The Morgan fingerprint density at radius 2 is 1.66 bits per heavy atom. The molecule has 1 aliphatic rings. The first-order valence-corrected chi connectivity index (χ1v) is 12.8. The number of hydrogen-bond donors (Lipinski definition) is 2. The monoisotopic (exact) mass is 495 g/mol. The molecule has 4 rings (SSSR count). The average Bonchev–Trinajstić information content (AvgIpc) is 2.99. The molecule has 0 saturated carbocycles. The second-order valence-electron chi connectivity index (χ2n) is 8.67. The van der Waals surface area contributed by atoms with Crippen LogP contribution in [0.5, 0.6) is 5.75 Å². The first-order chi connectivity index (χ1) is 16.6. The van der Waals surface area contributed by atoms with Crippen molar-refractivity contribution in [1.82, 2.24) is 9.29 Å². The normalized spacial score (nSPS) is 14.2. The third-order valence-electron chi connectivity index (χ3n) is 6.44. The number of rotatable bonds is 6. The van der Waals surface area contributed by atoms with E-state index in [1.807, 2.05) is 24.3 Å². The quantitative estimate of drug-likeness (QED) is 0.505. The summed E-state index contributed by atoms with van der Waals surface area (Å²) in [4.78, 5) is 27.8. The second kappa shape index (κ2) is 9.67. The Bertz CT molecular complexity index is 1380.